The summed E-state index contributed by atoms with van der Waals surface area (Å²) in [6, 6.07) is 8.09. The number of carbonyl (C=O) groups excluding carboxylic acids is 1. The molecule has 0 radical (unpaired) electrons. The molecule has 0 heterocycles. The predicted octanol–water partition coefficient (Wildman–Crippen LogP) is 3.94. The van der Waals surface area contributed by atoms with Gasteiger partial charge in [-0.2, -0.15) is 0 Å². The number of carbonyl (C=O) groups is 1. The zero-order valence-electron chi connectivity index (χ0n) is 11.6. The van der Waals surface area contributed by atoms with Crippen LogP contribution in [-0.2, 0) is 16.0 Å². The summed E-state index contributed by atoms with van der Waals surface area (Å²) >= 11 is 0. The van der Waals surface area contributed by atoms with Crippen LogP contribution in [-0.4, -0.2) is 12.6 Å². The third-order valence-electron chi connectivity index (χ3n) is 2.45. The molecule has 2 nitrogen and oxygen atoms in total. The Morgan fingerprint density at radius 1 is 1.37 bits per heavy atom. The highest BCUT2D eigenvalue weighted by molar-refractivity contribution is 5.87. The topological polar surface area (TPSA) is 26.3 Å². The van der Waals surface area contributed by atoms with Gasteiger partial charge in [-0.25, -0.2) is 4.79 Å². The lowest BCUT2D eigenvalue weighted by molar-refractivity contribution is -0.136. The van der Waals surface area contributed by atoms with Gasteiger partial charge in [-0.1, -0.05) is 48.6 Å². The quantitative estimate of drug-likeness (QED) is 0.438. The van der Waals surface area contributed by atoms with E-state index in [1.165, 1.54) is 17.2 Å². The summed E-state index contributed by atoms with van der Waals surface area (Å²) in [5.41, 5.74) is 3.52. The first-order valence-electron chi connectivity index (χ1n) is 6.30. The van der Waals surface area contributed by atoms with E-state index in [1.807, 2.05) is 12.1 Å². The maximum atomic E-state index is 11.3. The van der Waals surface area contributed by atoms with Gasteiger partial charge in [-0.3, -0.25) is 0 Å². The highest BCUT2D eigenvalue weighted by Gasteiger charge is 1.96. The van der Waals surface area contributed by atoms with E-state index in [0.717, 1.165) is 12.0 Å². The number of rotatable bonds is 6. The minimum Gasteiger partial charge on any atom is -0.458 e. The van der Waals surface area contributed by atoms with Crippen LogP contribution in [0.25, 0.3) is 6.08 Å². The fraction of sp³-hybridized carbons (Fsp3) is 0.235. The first-order chi connectivity index (χ1) is 9.11. The predicted molar refractivity (Wildman–Crippen MR) is 79.8 cm³/mol. The van der Waals surface area contributed by atoms with E-state index in [4.69, 9.17) is 4.74 Å². The fourth-order valence-electron chi connectivity index (χ4n) is 1.50. The van der Waals surface area contributed by atoms with Crippen molar-refractivity contribution in [1.82, 2.24) is 0 Å². The highest BCUT2D eigenvalue weighted by atomic mass is 16.5. The smallest absolute Gasteiger partial charge is 0.331 e. The Balaban J connectivity index is 2.66. The molecule has 2 heteroatoms. The molecule has 0 unspecified atom stereocenters. The van der Waals surface area contributed by atoms with Crippen molar-refractivity contribution in [3.8, 4) is 0 Å². The first kappa shape index (κ1) is 15.0. The molecule has 0 aliphatic heterocycles. The summed E-state index contributed by atoms with van der Waals surface area (Å²) in [6.45, 7) is 7.90. The number of esters is 1. The first-order valence-corrected chi connectivity index (χ1v) is 6.30. The van der Waals surface area contributed by atoms with Crippen molar-refractivity contribution in [3.05, 3.63) is 65.8 Å². The number of benzene rings is 1. The van der Waals surface area contributed by atoms with Crippen LogP contribution in [0.1, 0.15) is 25.0 Å². The third kappa shape index (κ3) is 6.41. The zero-order chi connectivity index (χ0) is 14.1. The van der Waals surface area contributed by atoms with Crippen LogP contribution in [0, 0.1) is 0 Å². The summed E-state index contributed by atoms with van der Waals surface area (Å²) in [7, 11) is 0. The van der Waals surface area contributed by atoms with Gasteiger partial charge in [0.15, 0.2) is 0 Å². The second-order valence-electron chi connectivity index (χ2n) is 4.48. The highest BCUT2D eigenvalue weighted by Crippen LogP contribution is 2.09. The molecule has 0 bridgehead atoms. The standard InChI is InChI=1S/C17H20O2/c1-4-12-19-17(18)11-10-16-7-5-6-15(13-16)9-8-14(2)3/h4-8,10-11,13H,1,9,12H2,2-3H3/b11-10+. The fourth-order valence-corrected chi connectivity index (χ4v) is 1.50. The normalized spacial score (nSPS) is 10.2. The van der Waals surface area contributed by atoms with Gasteiger partial charge < -0.3 is 4.74 Å². The van der Waals surface area contributed by atoms with E-state index in [9.17, 15) is 4.79 Å². The molecule has 19 heavy (non-hydrogen) atoms. The van der Waals surface area contributed by atoms with Crippen molar-refractivity contribution in [3.63, 3.8) is 0 Å². The Morgan fingerprint density at radius 3 is 2.84 bits per heavy atom. The molecule has 0 aromatic heterocycles. The van der Waals surface area contributed by atoms with Crippen LogP contribution in [0.3, 0.4) is 0 Å². The SMILES string of the molecule is C=CCOC(=O)/C=C/c1cccc(CC=C(C)C)c1. The number of hydrogen-bond donors (Lipinski definition) is 0. The molecular formula is C17H20O2. The average molecular weight is 256 g/mol. The van der Waals surface area contributed by atoms with Gasteiger partial charge in [0.1, 0.15) is 6.61 Å². The molecule has 0 aliphatic rings. The van der Waals surface area contributed by atoms with Crippen LogP contribution in [0.2, 0.25) is 0 Å². The van der Waals surface area contributed by atoms with Crippen molar-refractivity contribution in [2.75, 3.05) is 6.61 Å². The Bertz CT molecular complexity index is 492. The Kier molecular flexibility index (Phi) is 6.37. The molecular weight excluding hydrogens is 236 g/mol. The Labute approximate surface area is 115 Å². The molecule has 0 saturated carbocycles. The zero-order valence-corrected chi connectivity index (χ0v) is 11.6. The Hall–Kier alpha value is -2.09. The van der Waals surface area contributed by atoms with Crippen molar-refractivity contribution < 1.29 is 9.53 Å². The maximum absolute atomic E-state index is 11.3. The van der Waals surface area contributed by atoms with Crippen molar-refractivity contribution in [2.24, 2.45) is 0 Å². The maximum Gasteiger partial charge on any atom is 0.331 e. The molecule has 0 aliphatic carbocycles. The van der Waals surface area contributed by atoms with Gasteiger partial charge in [0, 0.05) is 6.08 Å². The molecule has 100 valence electrons. The van der Waals surface area contributed by atoms with E-state index in [0.29, 0.717) is 0 Å². The van der Waals surface area contributed by atoms with Gasteiger partial charge in [0.2, 0.25) is 0 Å². The molecule has 0 N–H and O–H groups in total. The minimum atomic E-state index is -0.352. The van der Waals surface area contributed by atoms with Crippen molar-refractivity contribution in [2.45, 2.75) is 20.3 Å². The average Bonchev–Trinajstić information content (AvgIpc) is 2.41. The van der Waals surface area contributed by atoms with Crippen LogP contribution in [0.4, 0.5) is 0 Å². The molecule has 1 rings (SSSR count). The van der Waals surface area contributed by atoms with Crippen LogP contribution in [0.5, 0.6) is 0 Å². The number of allylic oxidation sites excluding steroid dienone is 2. The van der Waals surface area contributed by atoms with E-state index >= 15 is 0 Å². The molecule has 0 saturated heterocycles. The van der Waals surface area contributed by atoms with Crippen LogP contribution >= 0.6 is 0 Å². The van der Waals surface area contributed by atoms with Gasteiger partial charge in [-0.15, -0.1) is 0 Å². The largest absolute Gasteiger partial charge is 0.458 e. The summed E-state index contributed by atoms with van der Waals surface area (Å²) in [6.07, 6.45) is 7.83. The summed E-state index contributed by atoms with van der Waals surface area (Å²) in [5.74, 6) is -0.352. The molecule has 0 atom stereocenters. The minimum absolute atomic E-state index is 0.240. The lowest BCUT2D eigenvalue weighted by Crippen LogP contribution is -1.99. The van der Waals surface area contributed by atoms with E-state index in [1.54, 1.807) is 12.2 Å². The third-order valence-corrected chi connectivity index (χ3v) is 2.45. The summed E-state index contributed by atoms with van der Waals surface area (Å²) < 4.78 is 4.87. The molecule has 0 fully saturated rings. The van der Waals surface area contributed by atoms with E-state index in [2.05, 4.69) is 38.6 Å². The lowest BCUT2D eigenvalue weighted by atomic mass is 10.1. The van der Waals surface area contributed by atoms with Crippen molar-refractivity contribution in [1.29, 1.82) is 0 Å². The second kappa shape index (κ2) is 8.09. The summed E-state index contributed by atoms with van der Waals surface area (Å²) in [4.78, 5) is 11.3. The lowest BCUT2D eigenvalue weighted by Gasteiger charge is -2.00. The van der Waals surface area contributed by atoms with Crippen LogP contribution in [0.15, 0.2) is 54.6 Å². The molecule has 1 aromatic carbocycles. The molecule has 0 amide bonds. The number of ether oxygens (including phenoxy) is 1. The van der Waals surface area contributed by atoms with Gasteiger partial charge in [-0.05, 0) is 37.5 Å². The van der Waals surface area contributed by atoms with Crippen LogP contribution < -0.4 is 0 Å². The Morgan fingerprint density at radius 2 is 2.16 bits per heavy atom. The van der Waals surface area contributed by atoms with Gasteiger partial charge in [0.05, 0.1) is 0 Å². The summed E-state index contributed by atoms with van der Waals surface area (Å²) in [5, 5.41) is 0. The molecule has 1 aromatic rings. The monoisotopic (exact) mass is 256 g/mol. The van der Waals surface area contributed by atoms with Gasteiger partial charge >= 0.3 is 5.97 Å². The van der Waals surface area contributed by atoms with E-state index < -0.39 is 0 Å². The second-order valence-corrected chi connectivity index (χ2v) is 4.48. The van der Waals surface area contributed by atoms with E-state index in [-0.39, 0.29) is 12.6 Å². The van der Waals surface area contributed by atoms with Gasteiger partial charge in [0.25, 0.3) is 0 Å². The molecule has 0 spiro atoms. The van der Waals surface area contributed by atoms with Crippen molar-refractivity contribution >= 4 is 12.0 Å². The number of hydrogen-bond acceptors (Lipinski definition) is 2.